The molecule has 0 amide bonds. The Hall–Kier alpha value is -0.700. The van der Waals surface area contributed by atoms with E-state index in [1.54, 1.807) is 6.20 Å². The number of hydrogen-bond donors (Lipinski definition) is 0. The quantitative estimate of drug-likeness (QED) is 0.661. The molecule has 1 aromatic heterocycles. The van der Waals surface area contributed by atoms with Gasteiger partial charge in [0.2, 0.25) is 0 Å². The Morgan fingerprint density at radius 3 is 2.42 bits per heavy atom. The van der Waals surface area contributed by atoms with E-state index in [1.807, 2.05) is 0 Å². The van der Waals surface area contributed by atoms with Crippen molar-refractivity contribution in [2.24, 2.45) is 5.41 Å². The van der Waals surface area contributed by atoms with E-state index in [0.29, 0.717) is 5.28 Å². The van der Waals surface area contributed by atoms with Crippen LogP contribution in [0.2, 0.25) is 5.28 Å². The molecular weight excluding hydrogens is 174 g/mol. The molecule has 0 aliphatic rings. The SMILES string of the molecule is CC(C)(C)Cc1cnc([ClH+])nn1. The molecule has 4 heteroatoms. The fourth-order valence-corrected chi connectivity index (χ4v) is 1.01. The molecule has 66 valence electrons. The minimum atomic E-state index is 0.222. The predicted molar refractivity (Wildman–Crippen MR) is 43.5 cm³/mol. The molecule has 0 saturated heterocycles. The molecule has 0 fully saturated rings. The van der Waals surface area contributed by atoms with Gasteiger partial charge in [0.05, 0.1) is 11.9 Å². The topological polar surface area (TPSA) is 38.7 Å². The second-order valence-corrected chi connectivity index (χ2v) is 4.33. The Morgan fingerprint density at radius 2 is 2.00 bits per heavy atom. The van der Waals surface area contributed by atoms with Crippen LogP contribution in [-0.4, -0.2) is 15.2 Å². The second-order valence-electron chi connectivity index (χ2n) is 3.97. The van der Waals surface area contributed by atoms with Gasteiger partial charge in [-0.1, -0.05) is 25.9 Å². The Morgan fingerprint density at radius 1 is 1.33 bits per heavy atom. The molecule has 0 aliphatic carbocycles. The van der Waals surface area contributed by atoms with E-state index in [4.69, 9.17) is 11.6 Å². The summed E-state index contributed by atoms with van der Waals surface area (Å²) in [5, 5.41) is 7.98. The minimum Gasteiger partial charge on any atom is -0.179 e. The van der Waals surface area contributed by atoms with Crippen LogP contribution in [0.1, 0.15) is 26.5 Å². The van der Waals surface area contributed by atoms with E-state index < -0.39 is 0 Å². The molecule has 0 aliphatic heterocycles. The van der Waals surface area contributed by atoms with Gasteiger partial charge in [0.15, 0.2) is 11.6 Å². The van der Waals surface area contributed by atoms with Crippen LogP contribution in [-0.2, 0) is 6.42 Å². The molecule has 3 nitrogen and oxygen atoms in total. The van der Waals surface area contributed by atoms with Gasteiger partial charge in [0.1, 0.15) is 0 Å². The highest BCUT2D eigenvalue weighted by Gasteiger charge is 2.13. The van der Waals surface area contributed by atoms with Gasteiger partial charge < -0.3 is 0 Å². The van der Waals surface area contributed by atoms with Gasteiger partial charge in [-0.05, 0) is 11.8 Å². The highest BCUT2D eigenvalue weighted by molar-refractivity contribution is 4.95. The van der Waals surface area contributed by atoms with E-state index in [9.17, 15) is 0 Å². The van der Waals surface area contributed by atoms with E-state index in [1.165, 1.54) is 0 Å². The summed E-state index contributed by atoms with van der Waals surface area (Å²) in [6, 6.07) is 0. The maximum Gasteiger partial charge on any atom is 0.436 e. The van der Waals surface area contributed by atoms with Crippen LogP contribution in [0.5, 0.6) is 0 Å². The Bertz CT molecular complexity index is 250. The van der Waals surface area contributed by atoms with Gasteiger partial charge in [-0.2, -0.15) is 4.98 Å². The van der Waals surface area contributed by atoms with Crippen molar-refractivity contribution >= 4 is 0 Å². The van der Waals surface area contributed by atoms with E-state index in [-0.39, 0.29) is 5.41 Å². The van der Waals surface area contributed by atoms with Crippen molar-refractivity contribution in [2.75, 3.05) is 0 Å². The summed E-state index contributed by atoms with van der Waals surface area (Å²) in [5.74, 6) is 0. The normalized spacial score (nSPS) is 11.7. The first-order valence-corrected chi connectivity index (χ1v) is 4.24. The van der Waals surface area contributed by atoms with Gasteiger partial charge in [0.25, 0.3) is 0 Å². The van der Waals surface area contributed by atoms with Crippen molar-refractivity contribution in [1.82, 2.24) is 15.2 Å². The first-order chi connectivity index (χ1) is 5.47. The minimum absolute atomic E-state index is 0.222. The van der Waals surface area contributed by atoms with Crippen molar-refractivity contribution < 1.29 is 11.6 Å². The lowest BCUT2D eigenvalue weighted by atomic mass is 9.91. The summed E-state index contributed by atoms with van der Waals surface area (Å²) < 4.78 is 0. The third-order valence-electron chi connectivity index (χ3n) is 1.30. The summed E-state index contributed by atoms with van der Waals surface area (Å²) in [7, 11) is 0. The predicted octanol–water partition coefficient (Wildman–Crippen LogP) is 1.16. The maximum absolute atomic E-state index is 4.73. The van der Waals surface area contributed by atoms with Gasteiger partial charge in [0, 0.05) is 0 Å². The average molecular weight is 187 g/mol. The second kappa shape index (κ2) is 3.35. The summed E-state index contributed by atoms with van der Waals surface area (Å²) in [6.07, 6.45) is 2.57. The van der Waals surface area contributed by atoms with Crippen molar-refractivity contribution in [3.63, 3.8) is 0 Å². The maximum atomic E-state index is 4.73. The molecule has 12 heavy (non-hydrogen) atoms. The lowest BCUT2D eigenvalue weighted by Crippen LogP contribution is -2.11. The zero-order valence-corrected chi connectivity index (χ0v) is 8.35. The van der Waals surface area contributed by atoms with Gasteiger partial charge in [-0.25, -0.2) is 0 Å². The molecule has 1 rings (SSSR count). The van der Waals surface area contributed by atoms with Crippen LogP contribution in [0.15, 0.2) is 6.20 Å². The summed E-state index contributed by atoms with van der Waals surface area (Å²) in [6.45, 7) is 6.45. The van der Waals surface area contributed by atoms with Crippen LogP contribution in [0.25, 0.3) is 0 Å². The van der Waals surface area contributed by atoms with E-state index >= 15 is 0 Å². The van der Waals surface area contributed by atoms with E-state index in [2.05, 4.69) is 36.0 Å². The number of nitrogens with zero attached hydrogens (tertiary/aromatic N) is 3. The summed E-state index contributed by atoms with van der Waals surface area (Å²) >= 11 is 4.73. The number of halogens is 1. The van der Waals surface area contributed by atoms with E-state index in [0.717, 1.165) is 12.1 Å². The fourth-order valence-electron chi connectivity index (χ4n) is 0.913. The lowest BCUT2D eigenvalue weighted by molar-refractivity contribution is -0.305. The molecule has 1 aromatic rings. The van der Waals surface area contributed by atoms with Crippen LogP contribution in [0.4, 0.5) is 0 Å². The summed E-state index contributed by atoms with van der Waals surface area (Å²) in [4.78, 5) is 3.90. The van der Waals surface area contributed by atoms with Crippen molar-refractivity contribution in [3.05, 3.63) is 17.2 Å². The van der Waals surface area contributed by atoms with Crippen molar-refractivity contribution in [1.29, 1.82) is 0 Å². The molecule has 0 radical (unpaired) electrons. The number of aromatic nitrogens is 3. The smallest absolute Gasteiger partial charge is 0.179 e. The van der Waals surface area contributed by atoms with Gasteiger partial charge in [-0.3, -0.25) is 0 Å². The van der Waals surface area contributed by atoms with Crippen molar-refractivity contribution in [2.45, 2.75) is 27.2 Å². The molecular formula is C8H13ClN3+. The lowest BCUT2D eigenvalue weighted by Gasteiger charge is -2.15. The van der Waals surface area contributed by atoms with Crippen LogP contribution in [0, 0.1) is 17.0 Å². The molecule has 0 N–H and O–H groups in total. The number of hydrogen-bond acceptors (Lipinski definition) is 3. The van der Waals surface area contributed by atoms with Gasteiger partial charge in [-0.15, -0.1) is 5.10 Å². The Kier molecular flexibility index (Phi) is 2.62. The largest absolute Gasteiger partial charge is 0.436 e. The highest BCUT2D eigenvalue weighted by atomic mass is 35.5. The zero-order valence-electron chi connectivity index (χ0n) is 7.53. The molecule has 0 spiro atoms. The molecule has 0 atom stereocenters. The third-order valence-corrected chi connectivity index (χ3v) is 1.49. The molecule has 1 heterocycles. The first kappa shape index (κ1) is 9.39. The Labute approximate surface area is 77.2 Å². The zero-order chi connectivity index (χ0) is 9.19. The Balaban J connectivity index is 2.71. The standard InChI is InChI=1S/C8H13ClN3/c1-8(2,3)4-6-5-10-7(9)12-11-6/h5,9H,4H2,1-3H3/q+1. The highest BCUT2D eigenvalue weighted by Crippen LogP contribution is 2.18. The van der Waals surface area contributed by atoms with Crippen LogP contribution >= 0.6 is 0 Å². The fraction of sp³-hybridized carbons (Fsp3) is 0.625. The van der Waals surface area contributed by atoms with Gasteiger partial charge >= 0.3 is 5.28 Å². The third kappa shape index (κ3) is 3.13. The summed E-state index contributed by atoms with van der Waals surface area (Å²) in [5.41, 5.74) is 1.12. The van der Waals surface area contributed by atoms with Crippen LogP contribution < -0.4 is 0 Å². The van der Waals surface area contributed by atoms with Crippen LogP contribution in [0.3, 0.4) is 0 Å². The molecule has 0 aromatic carbocycles. The average Bonchev–Trinajstić information content (AvgIpc) is 1.91. The monoisotopic (exact) mass is 186 g/mol. The molecule has 0 saturated carbocycles. The molecule has 0 bridgehead atoms. The molecule has 0 unspecified atom stereocenters. The number of rotatable bonds is 1. The van der Waals surface area contributed by atoms with Crippen molar-refractivity contribution in [3.8, 4) is 0 Å². The first-order valence-electron chi connectivity index (χ1n) is 3.83.